The molecular formula is C20H44N2. The van der Waals surface area contributed by atoms with Gasteiger partial charge in [-0.15, -0.1) is 0 Å². The molecule has 0 aliphatic carbocycles. The third-order valence-corrected chi connectivity index (χ3v) is 4.97. The molecule has 0 rings (SSSR count). The SMILES string of the molecule is CCC(C)(C)CCCCCCCCCCCCNCCCN. The maximum Gasteiger partial charge on any atom is -0.00369 e. The van der Waals surface area contributed by atoms with Gasteiger partial charge in [-0.1, -0.05) is 85.0 Å². The van der Waals surface area contributed by atoms with Crippen molar-refractivity contribution in [3.8, 4) is 0 Å². The van der Waals surface area contributed by atoms with Gasteiger partial charge in [0.25, 0.3) is 0 Å². The van der Waals surface area contributed by atoms with Crippen molar-refractivity contribution < 1.29 is 0 Å². The lowest BCUT2D eigenvalue weighted by molar-refractivity contribution is 0.307. The Kier molecular flexibility index (Phi) is 15.7. The summed E-state index contributed by atoms with van der Waals surface area (Å²) in [6, 6.07) is 0. The summed E-state index contributed by atoms with van der Waals surface area (Å²) in [5.41, 5.74) is 6.03. The molecule has 2 nitrogen and oxygen atoms in total. The van der Waals surface area contributed by atoms with Crippen molar-refractivity contribution in [1.29, 1.82) is 0 Å². The molecule has 0 amide bonds. The quantitative estimate of drug-likeness (QED) is 0.340. The van der Waals surface area contributed by atoms with Crippen LogP contribution in [0.25, 0.3) is 0 Å². The zero-order chi connectivity index (χ0) is 16.5. The first kappa shape index (κ1) is 21.9. The van der Waals surface area contributed by atoms with E-state index in [9.17, 15) is 0 Å². The fourth-order valence-electron chi connectivity index (χ4n) is 2.80. The highest BCUT2D eigenvalue weighted by molar-refractivity contribution is 4.65. The number of hydrogen-bond acceptors (Lipinski definition) is 2. The van der Waals surface area contributed by atoms with Crippen LogP contribution in [0, 0.1) is 5.41 Å². The molecule has 0 aliphatic heterocycles. The zero-order valence-electron chi connectivity index (χ0n) is 15.9. The molecule has 3 N–H and O–H groups in total. The van der Waals surface area contributed by atoms with Crippen LogP contribution >= 0.6 is 0 Å². The van der Waals surface area contributed by atoms with Gasteiger partial charge in [0, 0.05) is 0 Å². The van der Waals surface area contributed by atoms with Crippen LogP contribution in [0.4, 0.5) is 0 Å². The predicted molar refractivity (Wildman–Crippen MR) is 101 cm³/mol. The first-order valence-electron chi connectivity index (χ1n) is 10.0. The smallest absolute Gasteiger partial charge is 0.00369 e. The second-order valence-electron chi connectivity index (χ2n) is 7.70. The summed E-state index contributed by atoms with van der Waals surface area (Å²) in [4.78, 5) is 0. The molecule has 0 fully saturated rings. The molecule has 0 atom stereocenters. The number of rotatable bonds is 17. The van der Waals surface area contributed by atoms with E-state index < -0.39 is 0 Å². The highest BCUT2D eigenvalue weighted by atomic mass is 14.8. The minimum absolute atomic E-state index is 0.569. The highest BCUT2D eigenvalue weighted by Crippen LogP contribution is 2.27. The van der Waals surface area contributed by atoms with Crippen molar-refractivity contribution in [3.63, 3.8) is 0 Å². The van der Waals surface area contributed by atoms with Gasteiger partial charge in [-0.3, -0.25) is 0 Å². The van der Waals surface area contributed by atoms with E-state index in [-0.39, 0.29) is 0 Å². The second-order valence-corrected chi connectivity index (χ2v) is 7.70. The summed E-state index contributed by atoms with van der Waals surface area (Å²) in [5.74, 6) is 0. The van der Waals surface area contributed by atoms with Crippen LogP contribution in [0.3, 0.4) is 0 Å². The molecule has 0 unspecified atom stereocenters. The van der Waals surface area contributed by atoms with Gasteiger partial charge in [0.15, 0.2) is 0 Å². The Morgan fingerprint density at radius 2 is 1.14 bits per heavy atom. The van der Waals surface area contributed by atoms with Crippen molar-refractivity contribution >= 4 is 0 Å². The predicted octanol–water partition coefficient (Wildman–Crippen LogP) is 5.65. The molecule has 0 aromatic heterocycles. The standard InChI is InChI=1S/C20H44N2/c1-4-20(2,3)16-13-11-9-7-5-6-8-10-12-14-18-22-19-15-17-21/h22H,4-19,21H2,1-3H3. The topological polar surface area (TPSA) is 38.0 Å². The third kappa shape index (κ3) is 16.3. The molecule has 2 heteroatoms. The second kappa shape index (κ2) is 15.8. The Balaban J connectivity index is 3.06. The Morgan fingerprint density at radius 3 is 1.64 bits per heavy atom. The Morgan fingerprint density at radius 1 is 0.682 bits per heavy atom. The molecule has 0 radical (unpaired) electrons. The molecule has 0 heterocycles. The fourth-order valence-corrected chi connectivity index (χ4v) is 2.80. The lowest BCUT2D eigenvalue weighted by Gasteiger charge is -2.22. The molecule has 0 saturated heterocycles. The van der Waals surface area contributed by atoms with E-state index in [2.05, 4.69) is 26.1 Å². The molecule has 0 aromatic carbocycles. The van der Waals surface area contributed by atoms with Crippen LogP contribution in [0.15, 0.2) is 0 Å². The van der Waals surface area contributed by atoms with Crippen molar-refractivity contribution in [3.05, 3.63) is 0 Å². The summed E-state index contributed by atoms with van der Waals surface area (Å²) in [5, 5.41) is 3.45. The maximum absolute atomic E-state index is 5.46. The highest BCUT2D eigenvalue weighted by Gasteiger charge is 2.13. The molecule has 22 heavy (non-hydrogen) atoms. The van der Waals surface area contributed by atoms with E-state index in [0.717, 1.165) is 19.5 Å². The number of hydrogen-bond donors (Lipinski definition) is 2. The molecule has 0 aromatic rings. The normalized spacial score (nSPS) is 12.0. The van der Waals surface area contributed by atoms with E-state index in [1.54, 1.807) is 0 Å². The van der Waals surface area contributed by atoms with Crippen LogP contribution in [0.2, 0.25) is 0 Å². The Labute approximate surface area is 141 Å². The average molecular weight is 313 g/mol. The van der Waals surface area contributed by atoms with Crippen molar-refractivity contribution in [2.45, 2.75) is 104 Å². The van der Waals surface area contributed by atoms with E-state index in [4.69, 9.17) is 5.73 Å². The largest absolute Gasteiger partial charge is 0.330 e. The monoisotopic (exact) mass is 312 g/mol. The Hall–Kier alpha value is -0.0800. The minimum atomic E-state index is 0.569. The van der Waals surface area contributed by atoms with E-state index in [1.807, 2.05) is 0 Å². The molecule has 0 spiro atoms. The lowest BCUT2D eigenvalue weighted by Crippen LogP contribution is -2.19. The van der Waals surface area contributed by atoms with Crippen LogP contribution in [0.5, 0.6) is 0 Å². The molecule has 0 bridgehead atoms. The fraction of sp³-hybridized carbons (Fsp3) is 1.00. The first-order chi connectivity index (χ1) is 10.6. The van der Waals surface area contributed by atoms with E-state index in [1.165, 1.54) is 83.6 Å². The van der Waals surface area contributed by atoms with Gasteiger partial charge in [0.1, 0.15) is 0 Å². The maximum atomic E-state index is 5.46. The van der Waals surface area contributed by atoms with Gasteiger partial charge in [0.05, 0.1) is 0 Å². The van der Waals surface area contributed by atoms with Gasteiger partial charge in [-0.25, -0.2) is 0 Å². The van der Waals surface area contributed by atoms with Crippen LogP contribution < -0.4 is 11.1 Å². The van der Waals surface area contributed by atoms with Gasteiger partial charge >= 0.3 is 0 Å². The van der Waals surface area contributed by atoms with Crippen molar-refractivity contribution in [2.75, 3.05) is 19.6 Å². The zero-order valence-corrected chi connectivity index (χ0v) is 15.9. The summed E-state index contributed by atoms with van der Waals surface area (Å²) in [6.45, 7) is 10.2. The van der Waals surface area contributed by atoms with Crippen LogP contribution in [-0.4, -0.2) is 19.6 Å². The first-order valence-corrected chi connectivity index (χ1v) is 10.0. The van der Waals surface area contributed by atoms with Crippen LogP contribution in [0.1, 0.15) is 104 Å². The van der Waals surface area contributed by atoms with Gasteiger partial charge in [0.2, 0.25) is 0 Å². The summed E-state index contributed by atoms with van der Waals surface area (Å²) >= 11 is 0. The Bertz CT molecular complexity index is 214. The number of nitrogens with two attached hydrogens (primary N) is 1. The van der Waals surface area contributed by atoms with Gasteiger partial charge in [-0.05, 0) is 44.3 Å². The number of nitrogens with one attached hydrogen (secondary N) is 1. The summed E-state index contributed by atoms with van der Waals surface area (Å²) in [7, 11) is 0. The molecule has 0 aliphatic rings. The number of unbranched alkanes of at least 4 members (excludes halogenated alkanes) is 9. The molecular weight excluding hydrogens is 268 g/mol. The average Bonchev–Trinajstić information content (AvgIpc) is 2.51. The van der Waals surface area contributed by atoms with Gasteiger partial charge in [-0.2, -0.15) is 0 Å². The van der Waals surface area contributed by atoms with Gasteiger partial charge < -0.3 is 11.1 Å². The van der Waals surface area contributed by atoms with Crippen molar-refractivity contribution in [1.82, 2.24) is 5.32 Å². The third-order valence-electron chi connectivity index (χ3n) is 4.97. The molecule has 134 valence electrons. The van der Waals surface area contributed by atoms with Crippen molar-refractivity contribution in [2.24, 2.45) is 11.1 Å². The van der Waals surface area contributed by atoms with E-state index in [0.29, 0.717) is 5.41 Å². The van der Waals surface area contributed by atoms with E-state index >= 15 is 0 Å². The minimum Gasteiger partial charge on any atom is -0.330 e. The lowest BCUT2D eigenvalue weighted by atomic mass is 9.84. The summed E-state index contributed by atoms with van der Waals surface area (Å²) in [6.07, 6.45) is 18.1. The molecule has 0 saturated carbocycles. The van der Waals surface area contributed by atoms with Crippen LogP contribution in [-0.2, 0) is 0 Å². The summed E-state index contributed by atoms with van der Waals surface area (Å²) < 4.78 is 0.